The maximum Gasteiger partial charge on any atom is 0.255 e. The van der Waals surface area contributed by atoms with Gasteiger partial charge in [0, 0.05) is 34.4 Å². The second-order valence-corrected chi connectivity index (χ2v) is 11.6. The first-order chi connectivity index (χ1) is 19.2. The number of allylic oxidation sites excluding steroid dienone is 1. The van der Waals surface area contributed by atoms with Gasteiger partial charge >= 0.3 is 0 Å². The molecule has 11 heteroatoms. The van der Waals surface area contributed by atoms with Gasteiger partial charge in [0.2, 0.25) is 5.78 Å². The molecule has 4 atom stereocenters. The van der Waals surface area contributed by atoms with Gasteiger partial charge in [-0.25, -0.2) is 4.39 Å². The van der Waals surface area contributed by atoms with E-state index >= 15 is 4.39 Å². The normalized spacial score (nSPS) is 26.1. The third-order valence-electron chi connectivity index (χ3n) is 8.75. The van der Waals surface area contributed by atoms with Gasteiger partial charge in [0.25, 0.3) is 5.91 Å². The molecule has 6 N–H and O–H groups in total. The summed E-state index contributed by atoms with van der Waals surface area (Å²) in [5.41, 5.74) is 1.86. The highest BCUT2D eigenvalue weighted by Gasteiger charge is 2.63. The summed E-state index contributed by atoms with van der Waals surface area (Å²) >= 11 is 0. The van der Waals surface area contributed by atoms with Gasteiger partial charge in [0.15, 0.2) is 11.4 Å². The van der Waals surface area contributed by atoms with Crippen LogP contribution in [0.2, 0.25) is 0 Å². The molecule has 0 unspecified atom stereocenters. The molecule has 3 aliphatic carbocycles. The van der Waals surface area contributed by atoms with Crippen LogP contribution in [0.3, 0.4) is 0 Å². The van der Waals surface area contributed by atoms with Gasteiger partial charge in [-0.2, -0.15) is 0 Å². The number of primary amides is 1. The first kappa shape index (κ1) is 28.7. The number of likely N-dealkylation sites (N-methyl/N-ethyl adjacent to an activating group) is 1. The molecular formula is C30H34FN3O7. The number of carbonyl (C=O) groups excluding carboxylic acids is 3. The lowest BCUT2D eigenvalue weighted by Gasteiger charge is -2.50. The fourth-order valence-electron chi connectivity index (χ4n) is 6.99. The fraction of sp³-hybridized carbons (Fsp3) is 0.433. The lowest BCUT2D eigenvalue weighted by atomic mass is 9.58. The number of nitrogens with two attached hydrogens (primary N) is 1. The molecule has 5 rings (SSSR count). The third-order valence-corrected chi connectivity index (χ3v) is 8.75. The zero-order valence-electron chi connectivity index (χ0n) is 23.4. The maximum atomic E-state index is 16.0. The first-order valence-corrected chi connectivity index (χ1v) is 13.5. The molecule has 1 amide bonds. The molecule has 0 bridgehead atoms. The molecule has 41 heavy (non-hydrogen) atoms. The SMILES string of the molecule is CCCN(C)Cc1ccc2c(F)c3c(c(O)c2c1)C(=O)C1=C(O)[C@]2(O)C(=O)C(C(N)=O)=C(O)[C@@H](N(C)C)[C@@H]2C[C@@H]1C3. The number of aliphatic hydroxyl groups is 3. The second kappa shape index (κ2) is 9.93. The van der Waals surface area contributed by atoms with E-state index in [0.29, 0.717) is 6.54 Å². The van der Waals surface area contributed by atoms with E-state index in [4.69, 9.17) is 5.73 Å². The third kappa shape index (κ3) is 4.05. The Balaban J connectivity index is 1.69. The van der Waals surface area contributed by atoms with Gasteiger partial charge in [-0.05, 0) is 64.5 Å². The van der Waals surface area contributed by atoms with E-state index < -0.39 is 69.6 Å². The Kier molecular flexibility index (Phi) is 6.96. The number of hydrogen-bond acceptors (Lipinski definition) is 9. The molecular weight excluding hydrogens is 533 g/mol. The van der Waals surface area contributed by atoms with E-state index in [9.17, 15) is 34.8 Å². The number of aromatic hydroxyl groups is 1. The van der Waals surface area contributed by atoms with Crippen molar-refractivity contribution in [3.8, 4) is 5.75 Å². The van der Waals surface area contributed by atoms with Crippen LogP contribution in [0.1, 0.15) is 41.3 Å². The molecule has 0 aliphatic heterocycles. The number of amides is 1. The largest absolute Gasteiger partial charge is 0.510 e. The summed E-state index contributed by atoms with van der Waals surface area (Å²) in [5.74, 6) is -8.30. The quantitative estimate of drug-likeness (QED) is 0.329. The topological polar surface area (TPSA) is 165 Å². The molecule has 0 saturated heterocycles. The Morgan fingerprint density at radius 3 is 2.44 bits per heavy atom. The minimum absolute atomic E-state index is 0.0241. The Morgan fingerprint density at radius 1 is 1.15 bits per heavy atom. The van der Waals surface area contributed by atoms with Gasteiger partial charge in [-0.15, -0.1) is 0 Å². The maximum absolute atomic E-state index is 16.0. The summed E-state index contributed by atoms with van der Waals surface area (Å²) in [6.45, 7) is 3.42. The molecule has 218 valence electrons. The number of halogens is 1. The predicted octanol–water partition coefficient (Wildman–Crippen LogP) is 2.25. The van der Waals surface area contributed by atoms with Crippen molar-refractivity contribution in [2.75, 3.05) is 27.7 Å². The van der Waals surface area contributed by atoms with Gasteiger partial charge in [-0.3, -0.25) is 19.3 Å². The predicted molar refractivity (Wildman–Crippen MR) is 148 cm³/mol. The van der Waals surface area contributed by atoms with E-state index in [0.717, 1.165) is 18.5 Å². The zero-order chi connectivity index (χ0) is 30.1. The molecule has 2 aromatic carbocycles. The van der Waals surface area contributed by atoms with Crippen LogP contribution < -0.4 is 5.73 Å². The van der Waals surface area contributed by atoms with Gasteiger partial charge in [-0.1, -0.05) is 19.1 Å². The van der Waals surface area contributed by atoms with E-state index in [1.165, 1.54) is 4.90 Å². The number of phenolic OH excluding ortho intramolecular Hbond substituents is 1. The molecule has 0 spiro atoms. The van der Waals surface area contributed by atoms with E-state index in [1.807, 2.05) is 14.0 Å². The summed E-state index contributed by atoms with van der Waals surface area (Å²) in [6, 6.07) is 3.85. The molecule has 0 radical (unpaired) electrons. The number of phenols is 1. The van der Waals surface area contributed by atoms with Crippen molar-refractivity contribution >= 4 is 28.2 Å². The van der Waals surface area contributed by atoms with Crippen LogP contribution in [0.15, 0.2) is 40.9 Å². The molecule has 0 aromatic heterocycles. The molecule has 10 nitrogen and oxygen atoms in total. The van der Waals surface area contributed by atoms with Gasteiger partial charge < -0.3 is 31.1 Å². The number of hydrogen-bond donors (Lipinski definition) is 5. The van der Waals surface area contributed by atoms with Crippen molar-refractivity contribution in [1.82, 2.24) is 9.80 Å². The van der Waals surface area contributed by atoms with Crippen molar-refractivity contribution < 1.29 is 39.2 Å². The number of Topliss-reactive ketones (excluding diaryl/α,β-unsaturated/α-hetero) is 2. The van der Waals surface area contributed by atoms with Crippen LogP contribution in [-0.4, -0.2) is 87.0 Å². The number of rotatable bonds is 6. The standard InChI is InChI=1S/C30H34FN3O7/c1-5-8-34(4)12-13-6-7-15-16(9-13)24(35)20-17(22(15)31)10-14-11-18-23(33(2)3)26(37)21(29(32)40)28(39)30(18,41)27(38)19(14)25(20)36/h6-7,9,14,18,23,35,37-38,41H,5,8,10-12H2,1-4H3,(H2,32,40)/t14-,18-,23-,30-/m0/s1. The van der Waals surface area contributed by atoms with Crippen molar-refractivity contribution in [3.63, 3.8) is 0 Å². The van der Waals surface area contributed by atoms with Crippen LogP contribution in [-0.2, 0) is 22.6 Å². The summed E-state index contributed by atoms with van der Waals surface area (Å²) in [5, 5.41) is 45.5. The lowest BCUT2D eigenvalue weighted by molar-refractivity contribution is -0.148. The Labute approximate surface area is 236 Å². The summed E-state index contributed by atoms with van der Waals surface area (Å²) in [6.07, 6.45) is 0.727. The summed E-state index contributed by atoms with van der Waals surface area (Å²) < 4.78 is 16.0. The van der Waals surface area contributed by atoms with E-state index in [1.54, 1.807) is 32.3 Å². The number of ketones is 2. The number of fused-ring (bicyclic) bond motifs is 4. The highest BCUT2D eigenvalue weighted by Crippen LogP contribution is 2.53. The van der Waals surface area contributed by atoms with Crippen LogP contribution in [0.4, 0.5) is 4.39 Å². The van der Waals surface area contributed by atoms with Crippen LogP contribution in [0.5, 0.6) is 5.75 Å². The Bertz CT molecular complexity index is 1580. The molecule has 3 aliphatic rings. The molecule has 0 saturated carbocycles. The first-order valence-electron chi connectivity index (χ1n) is 13.5. The lowest BCUT2D eigenvalue weighted by Crippen LogP contribution is -2.63. The van der Waals surface area contributed by atoms with Crippen molar-refractivity contribution in [1.29, 1.82) is 0 Å². The average molecular weight is 568 g/mol. The van der Waals surface area contributed by atoms with Crippen molar-refractivity contribution in [2.45, 2.75) is 44.4 Å². The van der Waals surface area contributed by atoms with Gasteiger partial charge in [0.1, 0.15) is 28.7 Å². The number of nitrogens with zero attached hydrogens (tertiary/aromatic N) is 2. The molecule has 2 aromatic rings. The highest BCUT2D eigenvalue weighted by atomic mass is 19.1. The monoisotopic (exact) mass is 567 g/mol. The average Bonchev–Trinajstić information content (AvgIpc) is 2.89. The van der Waals surface area contributed by atoms with Gasteiger partial charge in [0.05, 0.1) is 11.6 Å². The highest BCUT2D eigenvalue weighted by molar-refractivity contribution is 6.25. The van der Waals surface area contributed by atoms with Crippen LogP contribution >= 0.6 is 0 Å². The zero-order valence-corrected chi connectivity index (χ0v) is 23.4. The summed E-state index contributed by atoms with van der Waals surface area (Å²) in [4.78, 5) is 43.0. The minimum Gasteiger partial charge on any atom is -0.510 e. The van der Waals surface area contributed by atoms with E-state index in [2.05, 4.69) is 4.90 Å². The summed E-state index contributed by atoms with van der Waals surface area (Å²) in [7, 11) is 5.03. The molecule has 0 heterocycles. The Hall–Kier alpha value is -3.80. The Morgan fingerprint density at radius 2 is 1.83 bits per heavy atom. The van der Waals surface area contributed by atoms with E-state index in [-0.39, 0.29) is 40.3 Å². The van der Waals surface area contributed by atoms with Crippen molar-refractivity contribution in [3.05, 3.63) is 63.4 Å². The van der Waals surface area contributed by atoms with Crippen molar-refractivity contribution in [2.24, 2.45) is 17.6 Å². The fourth-order valence-corrected chi connectivity index (χ4v) is 6.99. The number of aliphatic hydroxyl groups excluding tert-OH is 2. The molecule has 0 fully saturated rings. The minimum atomic E-state index is -2.74. The second-order valence-electron chi connectivity index (χ2n) is 11.6. The van der Waals surface area contributed by atoms with Crippen LogP contribution in [0.25, 0.3) is 10.8 Å². The van der Waals surface area contributed by atoms with Crippen LogP contribution in [0, 0.1) is 17.7 Å². The smallest absolute Gasteiger partial charge is 0.255 e. The number of carbonyl (C=O) groups is 3. The number of benzene rings is 2.